The molecule has 1 aliphatic rings. The van der Waals surface area contributed by atoms with Crippen molar-refractivity contribution < 1.29 is 0 Å². The van der Waals surface area contributed by atoms with Crippen LogP contribution in [0.2, 0.25) is 0 Å². The number of para-hydroxylation sites is 1. The fourth-order valence-corrected chi connectivity index (χ4v) is 8.77. The molecule has 0 spiro atoms. The Morgan fingerprint density at radius 3 is 1.43 bits per heavy atom. The Bertz CT molecular complexity index is 2680. The number of nitrogens with zero attached hydrogens (tertiary/aromatic N) is 1. The van der Waals surface area contributed by atoms with Gasteiger partial charge in [0.2, 0.25) is 0 Å². The molecule has 0 saturated heterocycles. The Labute approximate surface area is 317 Å². The molecular weight excluding hydrogens is 651 g/mol. The summed E-state index contributed by atoms with van der Waals surface area (Å²) in [5.41, 5.74) is 15.2. The fourth-order valence-electron chi connectivity index (χ4n) is 8.77. The first-order valence-corrected chi connectivity index (χ1v) is 18.7. The van der Waals surface area contributed by atoms with Crippen LogP contribution < -0.4 is 4.90 Å². The third-order valence-corrected chi connectivity index (χ3v) is 11.1. The second kappa shape index (κ2) is 13.2. The van der Waals surface area contributed by atoms with E-state index >= 15 is 0 Å². The number of anilines is 3. The summed E-state index contributed by atoms with van der Waals surface area (Å²) >= 11 is 0. The first-order chi connectivity index (χ1) is 26.8. The van der Waals surface area contributed by atoms with Gasteiger partial charge in [-0.05, 0) is 97.2 Å². The number of benzene rings is 9. The Kier molecular flexibility index (Phi) is 7.78. The van der Waals surface area contributed by atoms with Crippen LogP contribution in [0.3, 0.4) is 0 Å². The molecule has 1 heteroatoms. The average Bonchev–Trinajstić information content (AvgIpc) is 3.57. The highest BCUT2D eigenvalue weighted by Gasteiger charge is 2.48. The van der Waals surface area contributed by atoms with Crippen LogP contribution in [0.1, 0.15) is 22.3 Å². The molecule has 1 aliphatic carbocycles. The van der Waals surface area contributed by atoms with E-state index < -0.39 is 5.41 Å². The molecule has 0 heterocycles. The maximum Gasteiger partial charge on any atom is 0.0720 e. The van der Waals surface area contributed by atoms with Gasteiger partial charge in [0.1, 0.15) is 0 Å². The molecule has 1 nitrogen and oxygen atoms in total. The highest BCUT2D eigenvalue weighted by Crippen LogP contribution is 2.62. The summed E-state index contributed by atoms with van der Waals surface area (Å²) in [6.07, 6.45) is 0. The minimum Gasteiger partial charge on any atom is -0.310 e. The topological polar surface area (TPSA) is 3.24 Å². The number of rotatable bonds is 7. The van der Waals surface area contributed by atoms with Gasteiger partial charge in [0.25, 0.3) is 0 Å². The van der Waals surface area contributed by atoms with Crippen LogP contribution in [-0.2, 0) is 5.41 Å². The van der Waals surface area contributed by atoms with E-state index in [1.807, 2.05) is 0 Å². The summed E-state index contributed by atoms with van der Waals surface area (Å²) < 4.78 is 0. The molecule has 0 saturated carbocycles. The fraction of sp³-hybridized carbons (Fsp3) is 0.0189. The molecule has 0 radical (unpaired) electrons. The van der Waals surface area contributed by atoms with Crippen molar-refractivity contribution >= 4 is 27.8 Å². The summed E-state index contributed by atoms with van der Waals surface area (Å²) in [5, 5.41) is 2.47. The summed E-state index contributed by atoms with van der Waals surface area (Å²) in [7, 11) is 0. The van der Waals surface area contributed by atoms with Gasteiger partial charge in [0.05, 0.1) is 11.1 Å². The summed E-state index contributed by atoms with van der Waals surface area (Å²) in [5.74, 6) is 0. The molecule has 10 rings (SSSR count). The van der Waals surface area contributed by atoms with E-state index in [-0.39, 0.29) is 0 Å². The largest absolute Gasteiger partial charge is 0.310 e. The monoisotopic (exact) mass is 687 g/mol. The average molecular weight is 688 g/mol. The second-order valence-electron chi connectivity index (χ2n) is 14.1. The van der Waals surface area contributed by atoms with Crippen molar-refractivity contribution in [3.63, 3.8) is 0 Å². The quantitative estimate of drug-likeness (QED) is 0.161. The zero-order valence-corrected chi connectivity index (χ0v) is 29.8. The van der Waals surface area contributed by atoms with Crippen molar-refractivity contribution in [2.24, 2.45) is 0 Å². The van der Waals surface area contributed by atoms with Gasteiger partial charge in [0.15, 0.2) is 0 Å². The molecule has 54 heavy (non-hydrogen) atoms. The van der Waals surface area contributed by atoms with Gasteiger partial charge < -0.3 is 4.90 Å². The maximum absolute atomic E-state index is 2.46. The minimum atomic E-state index is -0.572. The van der Waals surface area contributed by atoms with E-state index in [0.717, 1.165) is 17.1 Å². The van der Waals surface area contributed by atoms with Crippen LogP contribution in [0.4, 0.5) is 17.1 Å². The van der Waals surface area contributed by atoms with E-state index in [4.69, 9.17) is 0 Å². The standard InChI is InChI=1S/C53H37N/c1-6-18-38(19-7-1)40-30-33-46(34-31-40)54(45-27-14-5-15-28-45)50-37-42-22-16-17-29-47(42)52-51(50)48-36-41(39-20-8-2-9-21-39)32-35-49(48)53(52,43-23-10-3-11-24-43)44-25-12-4-13-26-44/h1-37H. The molecule has 0 unspecified atom stereocenters. The molecule has 0 aliphatic heterocycles. The molecule has 0 amide bonds. The molecular formula is C53H37N. The molecule has 0 fully saturated rings. The van der Waals surface area contributed by atoms with Crippen LogP contribution in [0, 0.1) is 0 Å². The third-order valence-electron chi connectivity index (χ3n) is 11.1. The van der Waals surface area contributed by atoms with Gasteiger partial charge in [-0.3, -0.25) is 0 Å². The van der Waals surface area contributed by atoms with Crippen molar-refractivity contribution in [1.82, 2.24) is 0 Å². The van der Waals surface area contributed by atoms with E-state index in [0.29, 0.717) is 0 Å². The van der Waals surface area contributed by atoms with Crippen molar-refractivity contribution in [3.8, 4) is 33.4 Å². The van der Waals surface area contributed by atoms with Crippen molar-refractivity contribution in [2.75, 3.05) is 4.90 Å². The zero-order chi connectivity index (χ0) is 35.9. The maximum atomic E-state index is 2.46. The predicted octanol–water partition coefficient (Wildman–Crippen LogP) is 14.0. The van der Waals surface area contributed by atoms with E-state index in [9.17, 15) is 0 Å². The van der Waals surface area contributed by atoms with Crippen LogP contribution in [0.25, 0.3) is 44.2 Å². The van der Waals surface area contributed by atoms with Gasteiger partial charge in [-0.2, -0.15) is 0 Å². The predicted molar refractivity (Wildman–Crippen MR) is 227 cm³/mol. The molecule has 9 aromatic rings. The van der Waals surface area contributed by atoms with Crippen LogP contribution in [0.5, 0.6) is 0 Å². The van der Waals surface area contributed by atoms with Crippen molar-refractivity contribution in [2.45, 2.75) is 5.41 Å². The lowest BCUT2D eigenvalue weighted by atomic mass is 9.66. The van der Waals surface area contributed by atoms with Gasteiger partial charge in [-0.1, -0.05) is 188 Å². The Morgan fingerprint density at radius 2 is 0.815 bits per heavy atom. The van der Waals surface area contributed by atoms with Gasteiger partial charge in [0, 0.05) is 16.9 Å². The Balaban J connectivity index is 1.35. The number of hydrogen-bond donors (Lipinski definition) is 0. The summed E-state index contributed by atoms with van der Waals surface area (Å²) in [4.78, 5) is 2.46. The summed E-state index contributed by atoms with van der Waals surface area (Å²) in [6, 6.07) is 82.1. The molecule has 0 bridgehead atoms. The molecule has 9 aromatic carbocycles. The molecule has 0 atom stereocenters. The first kappa shape index (κ1) is 31.7. The first-order valence-electron chi connectivity index (χ1n) is 18.7. The number of hydrogen-bond acceptors (Lipinski definition) is 1. The highest BCUT2D eigenvalue weighted by molar-refractivity contribution is 6.08. The minimum absolute atomic E-state index is 0.572. The van der Waals surface area contributed by atoms with Gasteiger partial charge in [-0.25, -0.2) is 0 Å². The smallest absolute Gasteiger partial charge is 0.0720 e. The van der Waals surface area contributed by atoms with E-state index in [1.165, 1.54) is 66.4 Å². The lowest BCUT2D eigenvalue weighted by Gasteiger charge is -2.35. The highest BCUT2D eigenvalue weighted by atomic mass is 15.1. The van der Waals surface area contributed by atoms with E-state index in [2.05, 4.69) is 229 Å². The normalized spacial score (nSPS) is 12.6. The SMILES string of the molecule is c1ccc(-c2ccc(N(c3ccccc3)c3cc4ccccc4c4c3-c3cc(-c5ccccc5)ccc3C4(c3ccccc3)c3ccccc3)cc2)cc1. The third kappa shape index (κ3) is 5.09. The van der Waals surface area contributed by atoms with Crippen molar-refractivity contribution in [3.05, 3.63) is 247 Å². The van der Waals surface area contributed by atoms with Crippen molar-refractivity contribution in [1.29, 1.82) is 0 Å². The lowest BCUT2D eigenvalue weighted by Crippen LogP contribution is -2.29. The van der Waals surface area contributed by atoms with Crippen LogP contribution in [0.15, 0.2) is 224 Å². The molecule has 254 valence electrons. The summed E-state index contributed by atoms with van der Waals surface area (Å²) in [6.45, 7) is 0. The van der Waals surface area contributed by atoms with Gasteiger partial charge >= 0.3 is 0 Å². The Hall–Kier alpha value is -6.96. The Morgan fingerprint density at radius 1 is 0.352 bits per heavy atom. The molecule has 0 aromatic heterocycles. The van der Waals surface area contributed by atoms with Gasteiger partial charge in [-0.15, -0.1) is 0 Å². The van der Waals surface area contributed by atoms with Crippen LogP contribution in [-0.4, -0.2) is 0 Å². The zero-order valence-electron chi connectivity index (χ0n) is 29.8. The molecule has 0 N–H and O–H groups in total. The second-order valence-corrected chi connectivity index (χ2v) is 14.1. The lowest BCUT2D eigenvalue weighted by molar-refractivity contribution is 0.775. The number of fused-ring (bicyclic) bond motifs is 5. The van der Waals surface area contributed by atoms with E-state index in [1.54, 1.807) is 0 Å². The van der Waals surface area contributed by atoms with Crippen LogP contribution >= 0.6 is 0 Å².